The maximum atomic E-state index is 13.2. The number of rotatable bonds is 5. The van der Waals surface area contributed by atoms with E-state index < -0.39 is 18.1 Å². The van der Waals surface area contributed by atoms with Gasteiger partial charge in [0, 0.05) is 19.6 Å². The van der Waals surface area contributed by atoms with E-state index in [2.05, 4.69) is 44.4 Å². The van der Waals surface area contributed by atoms with Gasteiger partial charge in [0.15, 0.2) is 0 Å². The van der Waals surface area contributed by atoms with Crippen LogP contribution in [-0.4, -0.2) is 52.9 Å². The number of hydrogen-bond acceptors (Lipinski definition) is 3. The lowest BCUT2D eigenvalue weighted by Gasteiger charge is -2.46. The average molecular weight is 478 g/mol. The van der Waals surface area contributed by atoms with E-state index in [-0.39, 0.29) is 18.8 Å². The van der Waals surface area contributed by atoms with Crippen LogP contribution in [0.1, 0.15) is 78.6 Å². The van der Waals surface area contributed by atoms with E-state index >= 15 is 0 Å². The smallest absolute Gasteiger partial charge is 0.266 e. The fourth-order valence-corrected chi connectivity index (χ4v) is 7.72. The summed E-state index contributed by atoms with van der Waals surface area (Å²) in [5.41, 5.74) is 2.17. The van der Waals surface area contributed by atoms with Crippen LogP contribution >= 0.6 is 0 Å². The van der Waals surface area contributed by atoms with Crippen LogP contribution in [0.3, 0.4) is 0 Å². The van der Waals surface area contributed by atoms with Crippen molar-refractivity contribution in [3.63, 3.8) is 0 Å². The summed E-state index contributed by atoms with van der Waals surface area (Å²) in [6.07, 6.45) is 9.98. The highest BCUT2D eigenvalue weighted by Crippen LogP contribution is 2.59. The molecule has 2 N–H and O–H groups in total. The van der Waals surface area contributed by atoms with E-state index in [1.165, 1.54) is 31.3 Å². The number of aliphatic hydroxyl groups is 2. The van der Waals surface area contributed by atoms with Gasteiger partial charge in [-0.3, -0.25) is 0 Å². The Labute approximate surface area is 205 Å². The molecular formula is C29H45F2NO2. The van der Waals surface area contributed by atoms with Crippen LogP contribution in [0.25, 0.3) is 0 Å². The molecule has 4 fully saturated rings. The molecule has 1 saturated heterocycles. The second kappa shape index (κ2) is 10.1. The summed E-state index contributed by atoms with van der Waals surface area (Å²) in [6.45, 7) is 13.2. The molecule has 3 saturated carbocycles. The maximum Gasteiger partial charge on any atom is 0.266 e. The van der Waals surface area contributed by atoms with E-state index in [0.29, 0.717) is 36.3 Å². The van der Waals surface area contributed by atoms with Crippen molar-refractivity contribution in [3.05, 3.63) is 35.5 Å². The molecule has 0 aromatic rings. The fraction of sp³-hybridized carbons (Fsp3) is 0.793. The molecule has 3 aliphatic carbocycles. The Balaban J connectivity index is 1.41. The van der Waals surface area contributed by atoms with Gasteiger partial charge in [-0.25, -0.2) is 8.78 Å². The van der Waals surface area contributed by atoms with Gasteiger partial charge in [0.1, 0.15) is 5.60 Å². The molecule has 0 amide bonds. The number of nitrogens with zero attached hydrogens (tertiary/aromatic N) is 1. The number of hydrogen-bond donors (Lipinski definition) is 2. The van der Waals surface area contributed by atoms with Crippen molar-refractivity contribution in [2.45, 2.75) is 96.7 Å². The van der Waals surface area contributed by atoms with Crippen molar-refractivity contribution < 1.29 is 19.0 Å². The van der Waals surface area contributed by atoms with Gasteiger partial charge in [-0.05, 0) is 98.0 Å². The van der Waals surface area contributed by atoms with Crippen LogP contribution in [0, 0.1) is 29.1 Å². The van der Waals surface area contributed by atoms with Gasteiger partial charge in [0.25, 0.3) is 6.43 Å². The van der Waals surface area contributed by atoms with Crippen molar-refractivity contribution in [2.75, 3.05) is 19.6 Å². The minimum atomic E-state index is -2.65. The van der Waals surface area contributed by atoms with E-state index in [4.69, 9.17) is 0 Å². The number of aliphatic hydroxyl groups excluding tert-OH is 1. The van der Waals surface area contributed by atoms with Gasteiger partial charge in [0.2, 0.25) is 0 Å². The quantitative estimate of drug-likeness (QED) is 0.501. The van der Waals surface area contributed by atoms with Gasteiger partial charge in [-0.2, -0.15) is 0 Å². The molecule has 4 aliphatic rings. The highest BCUT2D eigenvalue weighted by molar-refractivity contribution is 5.38. The summed E-state index contributed by atoms with van der Waals surface area (Å²) in [5.74, 6) is 2.05. The second-order valence-corrected chi connectivity index (χ2v) is 12.2. The zero-order valence-corrected chi connectivity index (χ0v) is 21.4. The maximum absolute atomic E-state index is 13.2. The van der Waals surface area contributed by atoms with Gasteiger partial charge in [-0.15, -0.1) is 0 Å². The Bertz CT molecular complexity index is 813. The van der Waals surface area contributed by atoms with Gasteiger partial charge >= 0.3 is 0 Å². The lowest BCUT2D eigenvalue weighted by atomic mass is 9.61. The first-order valence-electron chi connectivity index (χ1n) is 13.5. The van der Waals surface area contributed by atoms with Crippen LogP contribution in [0.15, 0.2) is 35.5 Å². The molecule has 0 bridgehead atoms. The zero-order valence-electron chi connectivity index (χ0n) is 21.4. The largest absolute Gasteiger partial charge is 0.388 e. The van der Waals surface area contributed by atoms with Gasteiger partial charge < -0.3 is 15.1 Å². The number of piperidine rings is 1. The van der Waals surface area contributed by atoms with Crippen LogP contribution in [-0.2, 0) is 0 Å². The molecule has 0 radical (unpaired) electrons. The molecule has 4 unspecified atom stereocenters. The normalized spacial score (nSPS) is 40.2. The summed E-state index contributed by atoms with van der Waals surface area (Å²) in [6, 6.07) is 0. The molecular weight excluding hydrogens is 432 g/mol. The zero-order chi connectivity index (χ0) is 24.7. The van der Waals surface area contributed by atoms with Gasteiger partial charge in [-0.1, -0.05) is 45.1 Å². The van der Waals surface area contributed by atoms with Crippen molar-refractivity contribution in [1.29, 1.82) is 0 Å². The SMILES string of the molecule is C=C1/C(=C\C=C2/CCCC3(C)C2CCC3[C@@H](C)CN2CCC(O)(C(F)F)CC2)CC[C@H](C)C1O. The van der Waals surface area contributed by atoms with Crippen LogP contribution in [0.4, 0.5) is 8.78 Å². The van der Waals surface area contributed by atoms with Gasteiger partial charge in [0.05, 0.1) is 6.10 Å². The third-order valence-corrected chi connectivity index (χ3v) is 10.1. The Kier molecular flexibility index (Phi) is 7.77. The monoisotopic (exact) mass is 477 g/mol. The van der Waals surface area contributed by atoms with E-state index in [1.54, 1.807) is 5.57 Å². The number of alkyl halides is 2. The minimum Gasteiger partial charge on any atom is -0.388 e. The lowest BCUT2D eigenvalue weighted by molar-refractivity contribution is -0.128. The molecule has 34 heavy (non-hydrogen) atoms. The highest BCUT2D eigenvalue weighted by atomic mass is 19.3. The van der Waals surface area contributed by atoms with E-state index in [1.807, 2.05) is 0 Å². The van der Waals surface area contributed by atoms with E-state index in [0.717, 1.165) is 31.4 Å². The highest BCUT2D eigenvalue weighted by Gasteiger charge is 2.51. The Hall–Kier alpha value is -1.04. The van der Waals surface area contributed by atoms with Crippen LogP contribution in [0.2, 0.25) is 0 Å². The third kappa shape index (κ3) is 4.95. The molecule has 1 heterocycles. The predicted octanol–water partition coefficient (Wildman–Crippen LogP) is 6.13. The minimum absolute atomic E-state index is 0.169. The summed E-state index contributed by atoms with van der Waals surface area (Å²) >= 11 is 0. The van der Waals surface area contributed by atoms with Crippen molar-refractivity contribution in [2.24, 2.45) is 29.1 Å². The van der Waals surface area contributed by atoms with E-state index in [9.17, 15) is 19.0 Å². The van der Waals surface area contributed by atoms with Crippen molar-refractivity contribution in [1.82, 2.24) is 4.90 Å². The lowest BCUT2D eigenvalue weighted by Crippen LogP contribution is -2.50. The molecule has 0 spiro atoms. The fourth-order valence-electron chi connectivity index (χ4n) is 7.72. The molecule has 1 aliphatic heterocycles. The third-order valence-electron chi connectivity index (χ3n) is 10.1. The molecule has 0 aromatic carbocycles. The summed E-state index contributed by atoms with van der Waals surface area (Å²) in [4.78, 5) is 2.29. The van der Waals surface area contributed by atoms with Crippen LogP contribution < -0.4 is 0 Å². The van der Waals surface area contributed by atoms with Crippen molar-refractivity contribution in [3.8, 4) is 0 Å². The molecule has 192 valence electrons. The molecule has 5 heteroatoms. The first kappa shape index (κ1) is 26.0. The Morgan fingerprint density at radius 2 is 1.82 bits per heavy atom. The van der Waals surface area contributed by atoms with Crippen LogP contribution in [0.5, 0.6) is 0 Å². The predicted molar refractivity (Wildman–Crippen MR) is 134 cm³/mol. The summed E-state index contributed by atoms with van der Waals surface area (Å²) in [5, 5.41) is 20.5. The molecule has 6 atom stereocenters. The number of halogens is 2. The topological polar surface area (TPSA) is 43.7 Å². The Morgan fingerprint density at radius 1 is 1.12 bits per heavy atom. The average Bonchev–Trinajstić information content (AvgIpc) is 3.16. The standard InChI is InChI=1S/C29H45F2NO2/c1-19-7-8-22(21(3)26(19)33)9-10-23-6-5-13-28(4)24(11-12-25(23)28)20(2)18-32-16-14-29(34,15-17-32)27(30)31/h9-10,19-20,24-27,33-34H,3,5-8,11-18H2,1-2,4H3/b22-9-,23-10+/t19-,20-,24?,25?,26?,28?/m0/s1. The Morgan fingerprint density at radius 3 is 2.50 bits per heavy atom. The van der Waals surface area contributed by atoms with Crippen molar-refractivity contribution >= 4 is 0 Å². The summed E-state index contributed by atoms with van der Waals surface area (Å²) in [7, 11) is 0. The molecule has 0 aromatic heterocycles. The molecule has 3 nitrogen and oxygen atoms in total. The number of likely N-dealkylation sites (tertiary alicyclic amines) is 1. The first-order chi connectivity index (χ1) is 16.0. The first-order valence-corrected chi connectivity index (χ1v) is 13.5. The number of fused-ring (bicyclic) bond motifs is 1. The summed E-state index contributed by atoms with van der Waals surface area (Å²) < 4.78 is 26.3. The number of allylic oxidation sites excluding steroid dienone is 3. The molecule has 4 rings (SSSR count). The second-order valence-electron chi connectivity index (χ2n) is 12.2.